The van der Waals surface area contributed by atoms with Crippen LogP contribution in [0.3, 0.4) is 0 Å². The van der Waals surface area contributed by atoms with Crippen LogP contribution in [-0.2, 0) is 0 Å². The molecule has 0 fully saturated rings. The summed E-state index contributed by atoms with van der Waals surface area (Å²) in [6.07, 6.45) is 4.66. The third-order valence-electron chi connectivity index (χ3n) is 4.38. The van der Waals surface area contributed by atoms with Crippen LogP contribution in [0.5, 0.6) is 5.75 Å². The van der Waals surface area contributed by atoms with Crippen molar-refractivity contribution in [3.63, 3.8) is 0 Å². The molecule has 0 saturated carbocycles. The van der Waals surface area contributed by atoms with Crippen molar-refractivity contribution in [3.05, 3.63) is 65.5 Å². The van der Waals surface area contributed by atoms with Crippen LogP contribution in [0.15, 0.2) is 59.9 Å². The summed E-state index contributed by atoms with van der Waals surface area (Å²) in [5.41, 5.74) is 1.57. The van der Waals surface area contributed by atoms with E-state index in [4.69, 9.17) is 4.74 Å². The molecule has 9 heteroatoms. The molecule has 0 aliphatic carbocycles. The number of pyridine rings is 1. The van der Waals surface area contributed by atoms with Gasteiger partial charge in [-0.05, 0) is 18.2 Å². The van der Waals surface area contributed by atoms with Crippen LogP contribution < -0.4 is 10.3 Å². The molecule has 1 N–H and O–H groups in total. The number of nitrogens with zero attached hydrogens (tertiary/aromatic N) is 6. The lowest BCUT2D eigenvalue weighted by molar-refractivity contribution is 0.416. The Kier molecular flexibility index (Phi) is 3.26. The number of ether oxygens (including phenoxy) is 1. The van der Waals surface area contributed by atoms with Crippen molar-refractivity contribution in [2.75, 3.05) is 7.11 Å². The summed E-state index contributed by atoms with van der Waals surface area (Å²) in [5.74, 6) is 1.59. The van der Waals surface area contributed by atoms with E-state index in [1.54, 1.807) is 36.2 Å². The average Bonchev–Trinajstić information content (AvgIpc) is 3.38. The summed E-state index contributed by atoms with van der Waals surface area (Å²) < 4.78 is 8.55. The largest absolute Gasteiger partial charge is 0.496 e. The fourth-order valence-corrected chi connectivity index (χ4v) is 3.19. The van der Waals surface area contributed by atoms with E-state index in [-0.39, 0.29) is 5.56 Å². The molecule has 5 aromatic rings. The Bertz CT molecular complexity index is 1340. The predicted molar refractivity (Wildman–Crippen MR) is 98.0 cm³/mol. The van der Waals surface area contributed by atoms with Crippen molar-refractivity contribution in [3.8, 4) is 22.8 Å². The molecule has 4 heterocycles. The van der Waals surface area contributed by atoms with Gasteiger partial charge >= 0.3 is 0 Å². The Hall–Kier alpha value is -4.01. The number of aromatic nitrogens is 7. The number of para-hydroxylation sites is 1. The molecule has 0 atom stereocenters. The Morgan fingerprint density at radius 1 is 1.15 bits per heavy atom. The molecular formula is C18H13N7O2. The van der Waals surface area contributed by atoms with Crippen LogP contribution in [0.4, 0.5) is 0 Å². The number of rotatable bonds is 3. The highest BCUT2D eigenvalue weighted by atomic mass is 16.5. The molecule has 9 nitrogen and oxygen atoms in total. The van der Waals surface area contributed by atoms with Crippen LogP contribution >= 0.6 is 0 Å². The first-order valence-corrected chi connectivity index (χ1v) is 8.16. The maximum Gasteiger partial charge on any atom is 0.267 e. The first kappa shape index (κ1) is 15.3. The van der Waals surface area contributed by atoms with E-state index in [9.17, 15) is 4.79 Å². The summed E-state index contributed by atoms with van der Waals surface area (Å²) in [5, 5.41) is 11.4. The predicted octanol–water partition coefficient (Wildman–Crippen LogP) is 1.83. The van der Waals surface area contributed by atoms with Crippen LogP contribution in [0.1, 0.15) is 0 Å². The zero-order valence-electron chi connectivity index (χ0n) is 14.2. The molecule has 5 rings (SSSR count). The quantitative estimate of drug-likeness (QED) is 0.527. The molecule has 0 spiro atoms. The van der Waals surface area contributed by atoms with Crippen molar-refractivity contribution in [1.29, 1.82) is 0 Å². The molecule has 4 aromatic heterocycles. The summed E-state index contributed by atoms with van der Waals surface area (Å²) in [6, 6.07) is 10.9. The second-order valence-electron chi connectivity index (χ2n) is 5.83. The number of H-pyrrole nitrogens is 1. The van der Waals surface area contributed by atoms with Gasteiger partial charge in [-0.1, -0.05) is 12.1 Å². The standard InChI is InChI=1S/C18H13N7O2/c1-27-13-5-3-2-4-11(13)16-15-12(22-18-19-10-21-25(16)18)7-9-24(17(15)26)14-6-8-20-23-14/h2-10H,1H3,(H,20,23). The van der Waals surface area contributed by atoms with E-state index in [1.165, 1.54) is 10.9 Å². The number of methoxy groups -OCH3 is 1. The van der Waals surface area contributed by atoms with Gasteiger partial charge in [-0.15, -0.1) is 0 Å². The van der Waals surface area contributed by atoms with E-state index in [0.717, 1.165) is 5.56 Å². The number of fused-ring (bicyclic) bond motifs is 2. The minimum atomic E-state index is -0.248. The summed E-state index contributed by atoms with van der Waals surface area (Å²) >= 11 is 0. The lowest BCUT2D eigenvalue weighted by Gasteiger charge is -2.13. The third kappa shape index (κ3) is 2.21. The Balaban J connectivity index is 1.98. The highest BCUT2D eigenvalue weighted by Crippen LogP contribution is 2.33. The molecule has 0 unspecified atom stereocenters. The van der Waals surface area contributed by atoms with Gasteiger partial charge in [-0.2, -0.15) is 19.7 Å². The monoisotopic (exact) mass is 359 g/mol. The van der Waals surface area contributed by atoms with Gasteiger partial charge in [0.25, 0.3) is 11.3 Å². The van der Waals surface area contributed by atoms with Crippen molar-refractivity contribution >= 4 is 16.7 Å². The highest BCUT2D eigenvalue weighted by Gasteiger charge is 2.20. The van der Waals surface area contributed by atoms with Crippen molar-refractivity contribution < 1.29 is 4.74 Å². The fourth-order valence-electron chi connectivity index (χ4n) is 3.19. The number of hydrogen-bond acceptors (Lipinski definition) is 6. The van der Waals surface area contributed by atoms with E-state index in [1.807, 2.05) is 24.3 Å². The molecule has 0 aliphatic heterocycles. The Morgan fingerprint density at radius 3 is 2.85 bits per heavy atom. The first-order chi connectivity index (χ1) is 13.3. The van der Waals surface area contributed by atoms with Gasteiger partial charge in [0, 0.05) is 17.8 Å². The van der Waals surface area contributed by atoms with Crippen LogP contribution in [0.2, 0.25) is 0 Å². The topological polar surface area (TPSA) is 103 Å². The van der Waals surface area contributed by atoms with Gasteiger partial charge < -0.3 is 4.74 Å². The van der Waals surface area contributed by atoms with E-state index >= 15 is 0 Å². The smallest absolute Gasteiger partial charge is 0.267 e. The van der Waals surface area contributed by atoms with Crippen LogP contribution in [0.25, 0.3) is 33.8 Å². The highest BCUT2D eigenvalue weighted by molar-refractivity contribution is 5.94. The minimum Gasteiger partial charge on any atom is -0.496 e. The third-order valence-corrected chi connectivity index (χ3v) is 4.38. The number of benzene rings is 1. The van der Waals surface area contributed by atoms with Crippen LogP contribution in [-0.4, -0.2) is 41.5 Å². The lowest BCUT2D eigenvalue weighted by atomic mass is 10.1. The van der Waals surface area contributed by atoms with E-state index in [0.29, 0.717) is 33.9 Å². The summed E-state index contributed by atoms with van der Waals surface area (Å²) in [6.45, 7) is 0. The average molecular weight is 359 g/mol. The van der Waals surface area contributed by atoms with Gasteiger partial charge in [0.15, 0.2) is 0 Å². The molecule has 0 saturated heterocycles. The zero-order valence-corrected chi connectivity index (χ0v) is 14.2. The lowest BCUT2D eigenvalue weighted by Crippen LogP contribution is -2.20. The van der Waals surface area contributed by atoms with Gasteiger partial charge in [-0.25, -0.2) is 4.98 Å². The van der Waals surface area contributed by atoms with Crippen molar-refractivity contribution in [2.24, 2.45) is 0 Å². The number of nitrogens with one attached hydrogen (secondary N) is 1. The maximum atomic E-state index is 13.4. The van der Waals surface area contributed by atoms with Gasteiger partial charge in [0.2, 0.25) is 0 Å². The Labute approximate surface area is 151 Å². The first-order valence-electron chi connectivity index (χ1n) is 8.16. The summed E-state index contributed by atoms with van der Waals surface area (Å²) in [4.78, 5) is 22.0. The molecule has 0 bridgehead atoms. The van der Waals surface area contributed by atoms with Crippen LogP contribution in [0, 0.1) is 0 Å². The second-order valence-corrected chi connectivity index (χ2v) is 5.83. The van der Waals surface area contributed by atoms with Crippen molar-refractivity contribution in [2.45, 2.75) is 0 Å². The Morgan fingerprint density at radius 2 is 2.04 bits per heavy atom. The van der Waals surface area contributed by atoms with Gasteiger partial charge in [0.1, 0.15) is 17.9 Å². The molecule has 1 aromatic carbocycles. The van der Waals surface area contributed by atoms with Gasteiger partial charge in [0.05, 0.1) is 29.9 Å². The zero-order chi connectivity index (χ0) is 18.4. The normalized spacial score (nSPS) is 11.3. The van der Waals surface area contributed by atoms with Crippen molar-refractivity contribution in [1.82, 2.24) is 34.3 Å². The second kappa shape index (κ2) is 5.77. The molecule has 0 amide bonds. The minimum absolute atomic E-state index is 0.248. The number of hydrogen-bond donors (Lipinski definition) is 1. The number of aromatic amines is 1. The van der Waals surface area contributed by atoms with Gasteiger partial charge in [-0.3, -0.25) is 14.5 Å². The fraction of sp³-hybridized carbons (Fsp3) is 0.0556. The van der Waals surface area contributed by atoms with E-state index in [2.05, 4.69) is 25.3 Å². The molecular weight excluding hydrogens is 346 g/mol. The van der Waals surface area contributed by atoms with E-state index < -0.39 is 0 Å². The molecule has 132 valence electrons. The maximum absolute atomic E-state index is 13.4. The SMILES string of the molecule is COc1ccccc1-c1c2c(=O)n(-c3ccn[nH]3)ccc2nc2ncnn12. The molecule has 0 aliphatic rings. The molecule has 0 radical (unpaired) electrons. The summed E-state index contributed by atoms with van der Waals surface area (Å²) in [7, 11) is 1.59. The molecule has 27 heavy (non-hydrogen) atoms.